The zero-order chi connectivity index (χ0) is 19.1. The summed E-state index contributed by atoms with van der Waals surface area (Å²) >= 11 is 0. The number of amides is 1. The number of aromatic amines is 1. The van der Waals surface area contributed by atoms with Crippen LogP contribution in [0.3, 0.4) is 0 Å². The molecule has 1 amide bonds. The average molecular weight is 375 g/mol. The van der Waals surface area contributed by atoms with Gasteiger partial charge in [-0.05, 0) is 54.6 Å². The zero-order valence-corrected chi connectivity index (χ0v) is 16.0. The lowest BCUT2D eigenvalue weighted by atomic mass is 9.73. The van der Waals surface area contributed by atoms with Gasteiger partial charge in [-0.2, -0.15) is 0 Å². The summed E-state index contributed by atoms with van der Waals surface area (Å²) < 4.78 is 5.31. The third-order valence-corrected chi connectivity index (χ3v) is 6.42. The molecule has 6 rings (SSSR count). The smallest absolute Gasteiger partial charge is 0.240 e. The number of hydrogen-bond donors (Lipinski definition) is 3. The number of ether oxygens (including phenoxy) is 1. The third-order valence-electron chi connectivity index (χ3n) is 6.42. The highest BCUT2D eigenvalue weighted by atomic mass is 16.5. The number of hydrogen-bond acceptors (Lipinski definition) is 3. The zero-order valence-electron chi connectivity index (χ0n) is 16.0. The van der Waals surface area contributed by atoms with Crippen molar-refractivity contribution in [1.29, 1.82) is 0 Å². The van der Waals surface area contributed by atoms with Gasteiger partial charge < -0.3 is 20.4 Å². The Bertz CT molecular complexity index is 997. The lowest BCUT2D eigenvalue weighted by Crippen LogP contribution is -2.56. The van der Waals surface area contributed by atoms with Crippen LogP contribution in [-0.4, -0.2) is 36.6 Å². The fourth-order valence-corrected chi connectivity index (χ4v) is 4.81. The third kappa shape index (κ3) is 2.78. The van der Waals surface area contributed by atoms with E-state index in [9.17, 15) is 4.79 Å². The SMILES string of the molecule is COc1ccc(C(CNC(=O)C23CC(CN2)C3)c2c[nH]c3ccccc23)cc1. The minimum atomic E-state index is -0.324. The number of H-pyrrole nitrogens is 1. The second-order valence-electron chi connectivity index (χ2n) is 8.06. The van der Waals surface area contributed by atoms with Crippen LogP contribution in [0.15, 0.2) is 54.7 Å². The fourth-order valence-electron chi connectivity index (χ4n) is 4.81. The number of nitrogens with one attached hydrogen (secondary N) is 3. The van der Waals surface area contributed by atoms with Crippen molar-refractivity contribution in [3.05, 3.63) is 65.9 Å². The first-order chi connectivity index (χ1) is 13.7. The lowest BCUT2D eigenvalue weighted by Gasteiger charge is -2.36. The normalized spacial score (nSPS) is 24.0. The second-order valence-corrected chi connectivity index (χ2v) is 8.06. The molecule has 2 saturated heterocycles. The molecule has 1 aromatic heterocycles. The van der Waals surface area contributed by atoms with E-state index in [0.717, 1.165) is 36.2 Å². The van der Waals surface area contributed by atoms with E-state index < -0.39 is 0 Å². The Morgan fingerprint density at radius 1 is 1.21 bits per heavy atom. The molecule has 1 saturated carbocycles. The molecule has 3 heterocycles. The van der Waals surface area contributed by atoms with E-state index in [1.807, 2.05) is 18.2 Å². The van der Waals surface area contributed by atoms with E-state index in [4.69, 9.17) is 4.74 Å². The van der Waals surface area contributed by atoms with Crippen LogP contribution in [0.25, 0.3) is 10.9 Å². The van der Waals surface area contributed by atoms with Gasteiger partial charge in [0.2, 0.25) is 5.91 Å². The first kappa shape index (κ1) is 17.3. The van der Waals surface area contributed by atoms with Gasteiger partial charge in [0.1, 0.15) is 5.75 Å². The molecule has 2 bridgehead atoms. The van der Waals surface area contributed by atoms with E-state index in [1.54, 1.807) is 7.11 Å². The van der Waals surface area contributed by atoms with Gasteiger partial charge >= 0.3 is 0 Å². The quantitative estimate of drug-likeness (QED) is 0.620. The largest absolute Gasteiger partial charge is 0.497 e. The Balaban J connectivity index is 1.44. The number of carbonyl (C=O) groups excluding carboxylic acids is 1. The molecular formula is C23H25N3O2. The van der Waals surface area contributed by atoms with Crippen LogP contribution in [-0.2, 0) is 4.79 Å². The maximum absolute atomic E-state index is 12.9. The first-order valence-electron chi connectivity index (χ1n) is 9.92. The van der Waals surface area contributed by atoms with Crippen molar-refractivity contribution in [2.75, 3.05) is 20.2 Å². The summed E-state index contributed by atoms with van der Waals surface area (Å²) in [4.78, 5) is 16.2. The van der Waals surface area contributed by atoms with Crippen molar-refractivity contribution in [3.8, 4) is 5.75 Å². The number of para-hydroxylation sites is 1. The van der Waals surface area contributed by atoms with Crippen molar-refractivity contribution in [3.63, 3.8) is 0 Å². The van der Waals surface area contributed by atoms with Crippen molar-refractivity contribution in [2.24, 2.45) is 5.92 Å². The predicted molar refractivity (Wildman–Crippen MR) is 110 cm³/mol. The van der Waals surface area contributed by atoms with Crippen LogP contribution in [0.5, 0.6) is 5.75 Å². The topological polar surface area (TPSA) is 66.2 Å². The van der Waals surface area contributed by atoms with E-state index in [2.05, 4.69) is 52.1 Å². The average Bonchev–Trinajstić information content (AvgIpc) is 3.43. The Morgan fingerprint density at radius 3 is 2.71 bits per heavy atom. The molecule has 5 nitrogen and oxygen atoms in total. The lowest BCUT2D eigenvalue weighted by molar-refractivity contribution is -0.129. The number of benzene rings is 2. The molecule has 1 unspecified atom stereocenters. The molecule has 1 atom stereocenters. The summed E-state index contributed by atoms with van der Waals surface area (Å²) in [5, 5.41) is 7.84. The highest BCUT2D eigenvalue weighted by Crippen LogP contribution is 2.43. The molecule has 3 fully saturated rings. The minimum Gasteiger partial charge on any atom is -0.497 e. The van der Waals surface area contributed by atoms with Crippen molar-refractivity contribution in [1.82, 2.24) is 15.6 Å². The summed E-state index contributed by atoms with van der Waals surface area (Å²) in [6.07, 6.45) is 4.01. The minimum absolute atomic E-state index is 0.0692. The maximum atomic E-state index is 12.9. The van der Waals surface area contributed by atoms with E-state index in [1.165, 1.54) is 10.9 Å². The van der Waals surface area contributed by atoms with E-state index in [-0.39, 0.29) is 17.4 Å². The van der Waals surface area contributed by atoms with Gasteiger partial charge in [0, 0.05) is 29.6 Å². The molecule has 2 aromatic carbocycles. The second kappa shape index (κ2) is 6.67. The van der Waals surface area contributed by atoms with E-state index in [0.29, 0.717) is 12.5 Å². The summed E-state index contributed by atoms with van der Waals surface area (Å²) in [7, 11) is 1.67. The van der Waals surface area contributed by atoms with Crippen LogP contribution in [0.1, 0.15) is 29.9 Å². The maximum Gasteiger partial charge on any atom is 0.240 e. The monoisotopic (exact) mass is 375 g/mol. The Labute approximate surface area is 164 Å². The summed E-state index contributed by atoms with van der Waals surface area (Å²) in [5.74, 6) is 1.72. The van der Waals surface area contributed by atoms with Crippen molar-refractivity contribution < 1.29 is 9.53 Å². The highest BCUT2D eigenvalue weighted by Gasteiger charge is 2.55. The fraction of sp³-hybridized carbons (Fsp3) is 0.348. The van der Waals surface area contributed by atoms with Gasteiger partial charge in [0.05, 0.1) is 12.6 Å². The van der Waals surface area contributed by atoms with Crippen LogP contribution in [0.2, 0.25) is 0 Å². The Morgan fingerprint density at radius 2 is 2.00 bits per heavy atom. The predicted octanol–water partition coefficient (Wildman–Crippen LogP) is 3.18. The van der Waals surface area contributed by atoms with Gasteiger partial charge in [-0.1, -0.05) is 30.3 Å². The molecule has 28 heavy (non-hydrogen) atoms. The number of aromatic nitrogens is 1. The number of rotatable bonds is 6. The van der Waals surface area contributed by atoms with Gasteiger partial charge in [-0.25, -0.2) is 0 Å². The molecule has 3 N–H and O–H groups in total. The first-order valence-corrected chi connectivity index (χ1v) is 9.92. The van der Waals surface area contributed by atoms with E-state index >= 15 is 0 Å². The van der Waals surface area contributed by atoms with Crippen LogP contribution in [0.4, 0.5) is 0 Å². The Kier molecular flexibility index (Phi) is 4.13. The molecular weight excluding hydrogens is 350 g/mol. The molecule has 3 aromatic rings. The molecule has 0 spiro atoms. The summed E-state index contributed by atoms with van der Waals surface area (Å²) in [6.45, 7) is 1.54. The van der Waals surface area contributed by atoms with Gasteiger partial charge in [-0.15, -0.1) is 0 Å². The molecule has 1 aliphatic carbocycles. The molecule has 144 valence electrons. The summed E-state index contributed by atoms with van der Waals surface area (Å²) in [6, 6.07) is 16.4. The standard InChI is InChI=1S/C23H25N3O2/c1-28-17-8-6-16(7-9-17)19(20-14-24-21-5-3-2-4-18(20)21)13-25-22(27)23-10-15(11-23)12-26-23/h2-9,14-15,19,24,26H,10-13H2,1H3,(H,25,27). The van der Waals surface area contributed by atoms with Gasteiger partial charge in [-0.3, -0.25) is 4.79 Å². The van der Waals surface area contributed by atoms with Crippen molar-refractivity contribution >= 4 is 16.8 Å². The van der Waals surface area contributed by atoms with Crippen molar-refractivity contribution in [2.45, 2.75) is 24.3 Å². The van der Waals surface area contributed by atoms with Gasteiger partial charge in [0.15, 0.2) is 0 Å². The molecule has 5 heteroatoms. The highest BCUT2D eigenvalue weighted by molar-refractivity contribution is 5.89. The summed E-state index contributed by atoms with van der Waals surface area (Å²) in [5.41, 5.74) is 3.15. The number of carbonyl (C=O) groups is 1. The Hall–Kier alpha value is -2.79. The van der Waals surface area contributed by atoms with Gasteiger partial charge in [0.25, 0.3) is 0 Å². The molecule has 0 radical (unpaired) electrons. The number of methoxy groups -OCH3 is 1. The van der Waals surface area contributed by atoms with Crippen LogP contribution >= 0.6 is 0 Å². The molecule has 3 aliphatic rings. The van der Waals surface area contributed by atoms with Crippen LogP contribution in [0, 0.1) is 5.92 Å². The number of fused-ring (bicyclic) bond motifs is 2. The molecule has 2 aliphatic heterocycles. The van der Waals surface area contributed by atoms with Crippen LogP contribution < -0.4 is 15.4 Å².